The molecule has 4 heteroatoms. The standard InChI is InChI=1S/C9H10Cl2O2/c1-5(2)9(13)3-6(10)8(12)7(11)4-9/h3-5,13H,1-2H3. The molecule has 0 heterocycles. The quantitative estimate of drug-likeness (QED) is 0.736. The van der Waals surface area contributed by atoms with E-state index in [4.69, 9.17) is 23.2 Å². The Labute approximate surface area is 86.8 Å². The van der Waals surface area contributed by atoms with Gasteiger partial charge in [0, 0.05) is 0 Å². The number of aliphatic hydroxyl groups is 1. The molecule has 0 atom stereocenters. The van der Waals surface area contributed by atoms with Gasteiger partial charge in [0.05, 0.1) is 10.1 Å². The molecule has 13 heavy (non-hydrogen) atoms. The van der Waals surface area contributed by atoms with Crippen LogP contribution in [0.5, 0.6) is 0 Å². The number of halogens is 2. The Bertz CT molecular complexity index is 281. The monoisotopic (exact) mass is 220 g/mol. The van der Waals surface area contributed by atoms with Crippen LogP contribution in [0.25, 0.3) is 0 Å². The third-order valence-electron chi connectivity index (χ3n) is 2.07. The van der Waals surface area contributed by atoms with Gasteiger partial charge in [-0.3, -0.25) is 4.79 Å². The van der Waals surface area contributed by atoms with Gasteiger partial charge in [-0.2, -0.15) is 0 Å². The number of allylic oxidation sites excluding steroid dienone is 2. The van der Waals surface area contributed by atoms with Crippen molar-refractivity contribution >= 4 is 29.0 Å². The first-order valence-electron chi connectivity index (χ1n) is 3.90. The van der Waals surface area contributed by atoms with Gasteiger partial charge in [-0.25, -0.2) is 0 Å². The van der Waals surface area contributed by atoms with Gasteiger partial charge in [-0.15, -0.1) is 0 Å². The van der Waals surface area contributed by atoms with Gasteiger partial charge in [-0.1, -0.05) is 37.0 Å². The zero-order valence-corrected chi connectivity index (χ0v) is 8.86. The second kappa shape index (κ2) is 3.45. The topological polar surface area (TPSA) is 37.3 Å². The van der Waals surface area contributed by atoms with Crippen molar-refractivity contribution < 1.29 is 9.90 Å². The Hall–Kier alpha value is -0.310. The molecule has 0 aromatic carbocycles. The summed E-state index contributed by atoms with van der Waals surface area (Å²) in [6, 6.07) is 0. The van der Waals surface area contributed by atoms with E-state index in [1.54, 1.807) is 0 Å². The van der Waals surface area contributed by atoms with E-state index in [9.17, 15) is 9.90 Å². The fourth-order valence-electron chi connectivity index (χ4n) is 1.03. The van der Waals surface area contributed by atoms with Crippen LogP contribution in [0.4, 0.5) is 0 Å². The van der Waals surface area contributed by atoms with E-state index in [0.717, 1.165) is 0 Å². The summed E-state index contributed by atoms with van der Waals surface area (Å²) in [6.07, 6.45) is 2.65. The van der Waals surface area contributed by atoms with E-state index < -0.39 is 11.4 Å². The highest BCUT2D eigenvalue weighted by Gasteiger charge is 2.33. The molecule has 0 saturated heterocycles. The van der Waals surface area contributed by atoms with Gasteiger partial charge in [0.15, 0.2) is 0 Å². The van der Waals surface area contributed by atoms with Crippen LogP contribution < -0.4 is 0 Å². The maximum atomic E-state index is 11.1. The van der Waals surface area contributed by atoms with Gasteiger partial charge in [0.2, 0.25) is 5.78 Å². The summed E-state index contributed by atoms with van der Waals surface area (Å²) in [5, 5.41) is 9.88. The maximum Gasteiger partial charge on any atom is 0.215 e. The van der Waals surface area contributed by atoms with Crippen LogP contribution in [0.2, 0.25) is 0 Å². The van der Waals surface area contributed by atoms with Crippen molar-refractivity contribution in [2.24, 2.45) is 5.92 Å². The van der Waals surface area contributed by atoms with Crippen LogP contribution in [0.15, 0.2) is 22.2 Å². The van der Waals surface area contributed by atoms with Crippen molar-refractivity contribution in [1.29, 1.82) is 0 Å². The first-order valence-corrected chi connectivity index (χ1v) is 4.66. The average Bonchev–Trinajstić information content (AvgIpc) is 2.00. The predicted octanol–water partition coefficient (Wildman–Crippen LogP) is 2.20. The molecule has 0 spiro atoms. The molecule has 0 aliphatic heterocycles. The number of hydrogen-bond donors (Lipinski definition) is 1. The van der Waals surface area contributed by atoms with E-state index in [1.807, 2.05) is 13.8 Å². The lowest BCUT2D eigenvalue weighted by Gasteiger charge is -2.28. The van der Waals surface area contributed by atoms with E-state index in [-0.39, 0.29) is 16.0 Å². The molecule has 0 fully saturated rings. The molecule has 0 saturated carbocycles. The highest BCUT2D eigenvalue weighted by atomic mass is 35.5. The average molecular weight is 221 g/mol. The van der Waals surface area contributed by atoms with E-state index >= 15 is 0 Å². The maximum absolute atomic E-state index is 11.1. The molecule has 0 amide bonds. The summed E-state index contributed by atoms with van der Waals surface area (Å²) in [6.45, 7) is 3.63. The molecular weight excluding hydrogens is 211 g/mol. The van der Waals surface area contributed by atoms with Gasteiger partial charge in [-0.05, 0) is 18.1 Å². The molecule has 2 nitrogen and oxygen atoms in total. The molecular formula is C9H10Cl2O2. The molecule has 1 aliphatic carbocycles. The van der Waals surface area contributed by atoms with Crippen LogP contribution >= 0.6 is 23.2 Å². The molecule has 1 rings (SSSR count). The second-order valence-electron chi connectivity index (χ2n) is 3.36. The van der Waals surface area contributed by atoms with Crippen LogP contribution in [0, 0.1) is 5.92 Å². The van der Waals surface area contributed by atoms with Crippen molar-refractivity contribution in [2.75, 3.05) is 0 Å². The number of ketones is 1. The largest absolute Gasteiger partial charge is 0.381 e. The fraction of sp³-hybridized carbons (Fsp3) is 0.444. The van der Waals surface area contributed by atoms with Gasteiger partial charge in [0.1, 0.15) is 5.60 Å². The third kappa shape index (κ3) is 1.96. The lowest BCUT2D eigenvalue weighted by atomic mass is 9.86. The molecule has 0 bridgehead atoms. The number of carbonyl (C=O) groups excluding carboxylic acids is 1. The van der Waals surface area contributed by atoms with Crippen molar-refractivity contribution in [1.82, 2.24) is 0 Å². The first kappa shape index (κ1) is 10.8. The highest BCUT2D eigenvalue weighted by Crippen LogP contribution is 2.31. The lowest BCUT2D eigenvalue weighted by Crippen LogP contribution is -2.33. The van der Waals surface area contributed by atoms with Crippen molar-refractivity contribution in [2.45, 2.75) is 19.4 Å². The number of rotatable bonds is 1. The molecule has 0 unspecified atom stereocenters. The highest BCUT2D eigenvalue weighted by molar-refractivity contribution is 6.55. The van der Waals surface area contributed by atoms with Crippen molar-refractivity contribution in [3.8, 4) is 0 Å². The van der Waals surface area contributed by atoms with E-state index in [2.05, 4.69) is 0 Å². The zero-order valence-electron chi connectivity index (χ0n) is 7.34. The number of carbonyl (C=O) groups is 1. The van der Waals surface area contributed by atoms with Gasteiger partial charge in [0.25, 0.3) is 0 Å². The van der Waals surface area contributed by atoms with Crippen LogP contribution in [0.1, 0.15) is 13.8 Å². The molecule has 0 radical (unpaired) electrons. The van der Waals surface area contributed by atoms with Crippen molar-refractivity contribution in [3.63, 3.8) is 0 Å². The lowest BCUT2D eigenvalue weighted by molar-refractivity contribution is -0.111. The fourth-order valence-corrected chi connectivity index (χ4v) is 1.63. The molecule has 72 valence electrons. The van der Waals surface area contributed by atoms with Crippen LogP contribution in [0.3, 0.4) is 0 Å². The molecule has 0 aromatic heterocycles. The van der Waals surface area contributed by atoms with Crippen LogP contribution in [-0.4, -0.2) is 16.5 Å². The minimum Gasteiger partial charge on any atom is -0.381 e. The minimum absolute atomic E-state index is 0.0244. The first-order chi connectivity index (χ1) is 5.87. The summed E-state index contributed by atoms with van der Waals surface area (Å²) in [5.74, 6) is -0.517. The third-order valence-corrected chi connectivity index (χ3v) is 2.64. The second-order valence-corrected chi connectivity index (χ2v) is 4.17. The summed E-state index contributed by atoms with van der Waals surface area (Å²) < 4.78 is 0. The normalized spacial score (nSPS) is 21.5. The Morgan fingerprint density at radius 2 is 1.69 bits per heavy atom. The summed E-state index contributed by atoms with van der Waals surface area (Å²) in [4.78, 5) is 11.1. The smallest absolute Gasteiger partial charge is 0.215 e. The van der Waals surface area contributed by atoms with E-state index in [1.165, 1.54) is 12.2 Å². The van der Waals surface area contributed by atoms with E-state index in [0.29, 0.717) is 0 Å². The van der Waals surface area contributed by atoms with Crippen molar-refractivity contribution in [3.05, 3.63) is 22.2 Å². The minimum atomic E-state index is -1.21. The summed E-state index contributed by atoms with van der Waals surface area (Å²) >= 11 is 11.2. The van der Waals surface area contributed by atoms with Gasteiger partial charge >= 0.3 is 0 Å². The Balaban J connectivity index is 3.12. The Kier molecular flexibility index (Phi) is 2.85. The van der Waals surface area contributed by atoms with Crippen LogP contribution in [-0.2, 0) is 4.79 Å². The molecule has 1 N–H and O–H groups in total. The molecule has 0 aromatic rings. The number of Topliss-reactive ketones (excluding diaryl/α,β-unsaturated/α-hetero) is 1. The Morgan fingerprint density at radius 3 is 2.00 bits per heavy atom. The zero-order chi connectivity index (χ0) is 10.2. The Morgan fingerprint density at radius 1 is 1.31 bits per heavy atom. The summed E-state index contributed by atoms with van der Waals surface area (Å²) in [5.41, 5.74) is -1.21. The summed E-state index contributed by atoms with van der Waals surface area (Å²) in [7, 11) is 0. The predicted molar refractivity (Wildman–Crippen MR) is 52.7 cm³/mol. The van der Waals surface area contributed by atoms with Gasteiger partial charge < -0.3 is 5.11 Å². The SMILES string of the molecule is CC(C)C1(O)C=C(Cl)C(=O)C(Cl)=C1. The number of hydrogen-bond acceptors (Lipinski definition) is 2. The molecule has 1 aliphatic rings.